The van der Waals surface area contributed by atoms with Gasteiger partial charge in [0.05, 0.1) is 41.0 Å². The van der Waals surface area contributed by atoms with Crippen LogP contribution >= 0.6 is 11.6 Å². The van der Waals surface area contributed by atoms with Crippen molar-refractivity contribution in [3.8, 4) is 17.2 Å². The largest absolute Gasteiger partial charge is 0.493 e. The third kappa shape index (κ3) is 7.91. The SMILES string of the molecule is COc1cc(C(C(=O)Nc2ccc(N3CCOCC3)cc2)N(Cc2ccc(Cl)cc2)C(=O)Cc2ccccc2)cc(OC)c1OC. The highest BCUT2D eigenvalue weighted by atomic mass is 35.5. The first-order chi connectivity index (χ1) is 22.4. The number of amides is 2. The van der Waals surface area contributed by atoms with Gasteiger partial charge >= 0.3 is 0 Å². The highest BCUT2D eigenvalue weighted by Gasteiger charge is 2.34. The Balaban J connectivity index is 1.56. The summed E-state index contributed by atoms with van der Waals surface area (Å²) in [7, 11) is 4.54. The van der Waals surface area contributed by atoms with E-state index < -0.39 is 11.9 Å². The van der Waals surface area contributed by atoms with Crippen molar-refractivity contribution in [1.29, 1.82) is 0 Å². The van der Waals surface area contributed by atoms with E-state index in [0.29, 0.717) is 46.7 Å². The van der Waals surface area contributed by atoms with Crippen LogP contribution in [0.25, 0.3) is 0 Å². The number of carbonyl (C=O) groups is 2. The summed E-state index contributed by atoms with van der Waals surface area (Å²) in [4.78, 5) is 32.5. The Labute approximate surface area is 274 Å². The lowest BCUT2D eigenvalue weighted by Crippen LogP contribution is -2.41. The molecule has 1 unspecified atom stereocenters. The van der Waals surface area contributed by atoms with Crippen LogP contribution in [0.5, 0.6) is 17.2 Å². The average molecular weight is 644 g/mol. The van der Waals surface area contributed by atoms with Crippen LogP contribution < -0.4 is 24.4 Å². The fourth-order valence-corrected chi connectivity index (χ4v) is 5.63. The molecule has 1 fully saturated rings. The first-order valence-electron chi connectivity index (χ1n) is 15.0. The summed E-state index contributed by atoms with van der Waals surface area (Å²) < 4.78 is 22.3. The van der Waals surface area contributed by atoms with Crippen LogP contribution in [0.2, 0.25) is 5.02 Å². The molecule has 1 N–H and O–H groups in total. The molecule has 1 atom stereocenters. The molecule has 46 heavy (non-hydrogen) atoms. The van der Waals surface area contributed by atoms with Gasteiger partial charge in [0.25, 0.3) is 5.91 Å². The van der Waals surface area contributed by atoms with Crippen LogP contribution in [0.4, 0.5) is 11.4 Å². The van der Waals surface area contributed by atoms with Crippen molar-refractivity contribution in [2.24, 2.45) is 0 Å². The third-order valence-electron chi connectivity index (χ3n) is 7.86. The number of hydrogen-bond donors (Lipinski definition) is 1. The van der Waals surface area contributed by atoms with Crippen molar-refractivity contribution in [3.05, 3.63) is 113 Å². The number of halogens is 1. The molecular weight excluding hydrogens is 606 g/mol. The number of ether oxygens (including phenoxy) is 4. The van der Waals surface area contributed by atoms with E-state index in [1.54, 1.807) is 29.2 Å². The van der Waals surface area contributed by atoms with E-state index in [4.69, 9.17) is 30.5 Å². The van der Waals surface area contributed by atoms with Gasteiger partial charge < -0.3 is 34.1 Å². The molecule has 1 saturated heterocycles. The maximum absolute atomic E-state index is 14.4. The van der Waals surface area contributed by atoms with Crippen molar-refractivity contribution >= 4 is 34.8 Å². The monoisotopic (exact) mass is 643 g/mol. The summed E-state index contributed by atoms with van der Waals surface area (Å²) in [5, 5.41) is 3.63. The van der Waals surface area contributed by atoms with Crippen LogP contribution in [-0.4, -0.2) is 64.3 Å². The molecule has 0 aromatic heterocycles. The second-order valence-electron chi connectivity index (χ2n) is 10.8. The molecule has 0 radical (unpaired) electrons. The molecular formula is C36H38ClN3O6. The Morgan fingerprint density at radius 3 is 2.07 bits per heavy atom. The number of rotatable bonds is 12. The number of carbonyl (C=O) groups excluding carboxylic acids is 2. The van der Waals surface area contributed by atoms with Crippen molar-refractivity contribution in [3.63, 3.8) is 0 Å². The Morgan fingerprint density at radius 1 is 0.848 bits per heavy atom. The topological polar surface area (TPSA) is 89.6 Å². The molecule has 240 valence electrons. The fourth-order valence-electron chi connectivity index (χ4n) is 5.50. The molecule has 2 amide bonds. The number of morpholine rings is 1. The van der Waals surface area contributed by atoms with Gasteiger partial charge in [-0.2, -0.15) is 0 Å². The van der Waals surface area contributed by atoms with Gasteiger partial charge in [0.1, 0.15) is 6.04 Å². The number of nitrogens with one attached hydrogen (secondary N) is 1. The Kier molecular flexibility index (Phi) is 11.0. The zero-order chi connectivity index (χ0) is 32.5. The number of hydrogen-bond acceptors (Lipinski definition) is 7. The Bertz CT molecular complexity index is 1580. The van der Waals surface area contributed by atoms with Gasteiger partial charge in [-0.05, 0) is 65.2 Å². The molecule has 0 saturated carbocycles. The minimum Gasteiger partial charge on any atom is -0.493 e. The Hall–Kier alpha value is -4.73. The lowest BCUT2D eigenvalue weighted by molar-refractivity contribution is -0.139. The Morgan fingerprint density at radius 2 is 1.48 bits per heavy atom. The zero-order valence-electron chi connectivity index (χ0n) is 26.2. The first-order valence-corrected chi connectivity index (χ1v) is 15.4. The summed E-state index contributed by atoms with van der Waals surface area (Å²) in [6, 6.07) is 26.7. The van der Waals surface area contributed by atoms with Crippen LogP contribution in [0.1, 0.15) is 22.7 Å². The van der Waals surface area contributed by atoms with Gasteiger partial charge in [0.2, 0.25) is 11.7 Å². The van der Waals surface area contributed by atoms with Crippen LogP contribution in [0.3, 0.4) is 0 Å². The molecule has 1 aliphatic heterocycles. The number of methoxy groups -OCH3 is 3. The van der Waals surface area contributed by atoms with Crippen LogP contribution in [-0.2, 0) is 27.3 Å². The molecule has 1 heterocycles. The molecule has 0 aliphatic carbocycles. The molecule has 0 spiro atoms. The van der Waals surface area contributed by atoms with Gasteiger partial charge in [0.15, 0.2) is 11.5 Å². The fraction of sp³-hybridized carbons (Fsp3) is 0.278. The smallest absolute Gasteiger partial charge is 0.251 e. The van der Waals surface area contributed by atoms with Crippen molar-refractivity contribution in [2.75, 3.05) is 57.8 Å². The first kappa shape index (κ1) is 32.7. The molecule has 1 aliphatic rings. The normalized spacial score (nSPS) is 13.4. The van der Waals surface area contributed by atoms with E-state index >= 15 is 0 Å². The van der Waals surface area contributed by atoms with Crippen LogP contribution in [0.15, 0.2) is 91.0 Å². The van der Waals surface area contributed by atoms with Crippen molar-refractivity contribution in [2.45, 2.75) is 19.0 Å². The number of anilines is 2. The van der Waals surface area contributed by atoms with Gasteiger partial charge in [-0.1, -0.05) is 54.1 Å². The summed E-state index contributed by atoms with van der Waals surface area (Å²) >= 11 is 6.18. The summed E-state index contributed by atoms with van der Waals surface area (Å²) in [5.74, 6) is 0.478. The molecule has 9 nitrogen and oxygen atoms in total. The lowest BCUT2D eigenvalue weighted by atomic mass is 10.00. The summed E-state index contributed by atoms with van der Waals surface area (Å²) in [6.07, 6.45) is 0.0941. The van der Waals surface area contributed by atoms with E-state index in [1.165, 1.54) is 21.3 Å². The maximum Gasteiger partial charge on any atom is 0.251 e. The van der Waals surface area contributed by atoms with Gasteiger partial charge in [-0.3, -0.25) is 9.59 Å². The van der Waals surface area contributed by atoms with Gasteiger partial charge in [-0.25, -0.2) is 0 Å². The number of benzene rings is 4. The predicted molar refractivity (Wildman–Crippen MR) is 179 cm³/mol. The van der Waals surface area contributed by atoms with E-state index in [-0.39, 0.29) is 18.9 Å². The molecule has 4 aromatic rings. The number of nitrogens with zero attached hydrogens (tertiary/aromatic N) is 2. The maximum atomic E-state index is 14.4. The lowest BCUT2D eigenvalue weighted by Gasteiger charge is -2.32. The standard InChI is InChI=1S/C36H38ClN3O6/c1-43-31-22-27(23-32(44-2)35(31)45-3)34(36(42)38-29-13-15-30(16-14-29)39-17-19-46-20-18-39)40(24-26-9-11-28(37)12-10-26)33(41)21-25-7-5-4-6-8-25/h4-16,22-23,34H,17-21,24H2,1-3H3,(H,38,42). The van der Waals surface area contributed by atoms with E-state index in [9.17, 15) is 9.59 Å². The molecule has 5 rings (SSSR count). The van der Waals surface area contributed by atoms with E-state index in [0.717, 1.165) is 29.9 Å². The molecule has 0 bridgehead atoms. The van der Waals surface area contributed by atoms with Gasteiger partial charge in [-0.15, -0.1) is 0 Å². The highest BCUT2D eigenvalue weighted by molar-refractivity contribution is 6.30. The van der Waals surface area contributed by atoms with Crippen molar-refractivity contribution < 1.29 is 28.5 Å². The third-order valence-corrected chi connectivity index (χ3v) is 8.11. The van der Waals surface area contributed by atoms with Crippen molar-refractivity contribution in [1.82, 2.24) is 4.90 Å². The molecule has 4 aromatic carbocycles. The minimum absolute atomic E-state index is 0.0941. The average Bonchev–Trinajstić information content (AvgIpc) is 3.09. The van der Waals surface area contributed by atoms with E-state index in [1.807, 2.05) is 66.7 Å². The predicted octanol–water partition coefficient (Wildman–Crippen LogP) is 6.15. The molecule has 10 heteroatoms. The second kappa shape index (κ2) is 15.5. The quantitative estimate of drug-likeness (QED) is 0.198. The van der Waals surface area contributed by atoms with Crippen LogP contribution in [0, 0.1) is 0 Å². The summed E-state index contributed by atoms with van der Waals surface area (Å²) in [5.41, 5.74) is 3.78. The second-order valence-corrected chi connectivity index (χ2v) is 11.2. The van der Waals surface area contributed by atoms with Gasteiger partial charge in [0, 0.05) is 36.0 Å². The highest BCUT2D eigenvalue weighted by Crippen LogP contribution is 2.41. The van der Waals surface area contributed by atoms with E-state index in [2.05, 4.69) is 10.2 Å². The minimum atomic E-state index is -1.07. The zero-order valence-corrected chi connectivity index (χ0v) is 27.0. The summed E-state index contributed by atoms with van der Waals surface area (Å²) in [6.45, 7) is 3.11.